The molecule has 0 saturated heterocycles. The van der Waals surface area contributed by atoms with Crippen molar-refractivity contribution in [1.29, 1.82) is 0 Å². The van der Waals surface area contributed by atoms with Crippen LogP contribution in [-0.4, -0.2) is 17.8 Å². The van der Waals surface area contributed by atoms with Crippen molar-refractivity contribution in [2.45, 2.75) is 26.3 Å². The lowest BCUT2D eigenvalue weighted by Gasteiger charge is -2.12. The first-order chi connectivity index (χ1) is 15.4. The molecule has 0 fully saturated rings. The number of halogens is 1. The summed E-state index contributed by atoms with van der Waals surface area (Å²) in [6.07, 6.45) is 0.619. The lowest BCUT2D eigenvalue weighted by atomic mass is 10.1. The molecular formula is C25H23FN2O4. The topological polar surface area (TPSA) is 84.5 Å². The third kappa shape index (κ3) is 6.77. The molecular weight excluding hydrogens is 411 g/mol. The molecule has 3 rings (SSSR count). The van der Waals surface area contributed by atoms with E-state index in [2.05, 4.69) is 10.6 Å². The minimum atomic E-state index is -0.468. The summed E-state index contributed by atoms with van der Waals surface area (Å²) in [5.74, 6) is -1.06. The summed E-state index contributed by atoms with van der Waals surface area (Å²) >= 11 is 0. The molecule has 3 aromatic rings. The molecule has 2 N–H and O–H groups in total. The van der Waals surface area contributed by atoms with Crippen molar-refractivity contribution in [3.8, 4) is 5.75 Å². The fraction of sp³-hybridized carbons (Fsp3) is 0.160. The van der Waals surface area contributed by atoms with E-state index in [1.807, 2.05) is 6.07 Å². The average Bonchev–Trinajstić information content (AvgIpc) is 2.77. The van der Waals surface area contributed by atoms with Gasteiger partial charge < -0.3 is 15.4 Å². The molecule has 32 heavy (non-hydrogen) atoms. The van der Waals surface area contributed by atoms with Gasteiger partial charge in [0.25, 0.3) is 5.91 Å². The summed E-state index contributed by atoms with van der Waals surface area (Å²) in [5, 5.41) is 5.65. The van der Waals surface area contributed by atoms with Gasteiger partial charge in [-0.2, -0.15) is 0 Å². The number of benzene rings is 3. The van der Waals surface area contributed by atoms with Crippen LogP contribution >= 0.6 is 0 Å². The Morgan fingerprint density at radius 3 is 2.50 bits per heavy atom. The zero-order valence-corrected chi connectivity index (χ0v) is 17.6. The van der Waals surface area contributed by atoms with E-state index in [-0.39, 0.29) is 36.3 Å². The zero-order valence-electron chi connectivity index (χ0n) is 17.6. The minimum Gasteiger partial charge on any atom is -0.427 e. The Morgan fingerprint density at radius 2 is 1.72 bits per heavy atom. The van der Waals surface area contributed by atoms with Gasteiger partial charge in [-0.3, -0.25) is 14.4 Å². The van der Waals surface area contributed by atoms with Crippen molar-refractivity contribution in [2.24, 2.45) is 0 Å². The molecule has 0 heterocycles. The molecule has 0 aliphatic heterocycles. The monoisotopic (exact) mass is 434 g/mol. The van der Waals surface area contributed by atoms with E-state index >= 15 is 0 Å². The summed E-state index contributed by atoms with van der Waals surface area (Å²) in [6.45, 7) is 1.48. The normalized spacial score (nSPS) is 10.3. The van der Waals surface area contributed by atoms with E-state index in [9.17, 15) is 18.8 Å². The highest BCUT2D eigenvalue weighted by molar-refractivity contribution is 5.95. The first kappa shape index (κ1) is 22.7. The number of carbonyl (C=O) groups is 3. The van der Waals surface area contributed by atoms with E-state index in [1.54, 1.807) is 48.5 Å². The predicted octanol–water partition coefficient (Wildman–Crippen LogP) is 4.25. The maximum absolute atomic E-state index is 13.3. The number of rotatable bonds is 8. The number of para-hydroxylation sites is 1. The molecule has 0 radical (unpaired) electrons. The number of esters is 1. The maximum atomic E-state index is 13.3. The first-order valence-electron chi connectivity index (χ1n) is 10.1. The van der Waals surface area contributed by atoms with E-state index in [0.29, 0.717) is 17.7 Å². The largest absolute Gasteiger partial charge is 0.427 e. The van der Waals surface area contributed by atoms with Gasteiger partial charge in [0.2, 0.25) is 5.91 Å². The quantitative estimate of drug-likeness (QED) is 0.410. The number of nitrogens with one attached hydrogen (secondary N) is 2. The lowest BCUT2D eigenvalue weighted by molar-refractivity contribution is -0.131. The number of carbonyl (C=O) groups excluding carboxylic acids is 3. The molecule has 0 aliphatic carbocycles. The number of aryl methyl sites for hydroxylation is 1. The van der Waals surface area contributed by atoms with Crippen LogP contribution in [0.5, 0.6) is 5.75 Å². The summed E-state index contributed by atoms with van der Waals surface area (Å²) in [4.78, 5) is 36.0. The third-order valence-corrected chi connectivity index (χ3v) is 4.62. The van der Waals surface area contributed by atoms with Gasteiger partial charge >= 0.3 is 5.97 Å². The first-order valence-corrected chi connectivity index (χ1v) is 10.1. The molecule has 164 valence electrons. The van der Waals surface area contributed by atoms with Crippen molar-refractivity contribution in [2.75, 3.05) is 5.32 Å². The van der Waals surface area contributed by atoms with Crippen LogP contribution in [0.2, 0.25) is 0 Å². The maximum Gasteiger partial charge on any atom is 0.308 e. The summed E-state index contributed by atoms with van der Waals surface area (Å²) in [6, 6.07) is 19.6. The van der Waals surface area contributed by atoms with Crippen molar-refractivity contribution in [1.82, 2.24) is 5.32 Å². The summed E-state index contributed by atoms with van der Waals surface area (Å²) in [5.41, 5.74) is 2.42. The van der Waals surface area contributed by atoms with Crippen molar-refractivity contribution in [3.05, 3.63) is 95.3 Å². The second kappa shape index (κ2) is 10.9. The standard InChI is InChI=1S/C25H23FN2O4/c1-17(29)32-22-10-5-8-19(15-22)25(31)27-16-20-7-2-3-11-23(20)28-24(30)13-12-18-6-4-9-21(26)14-18/h2-11,14-15H,12-13,16H2,1H3,(H,27,31)(H,28,30). The molecule has 2 amide bonds. The Kier molecular flexibility index (Phi) is 7.70. The Balaban J connectivity index is 1.58. The van der Waals surface area contributed by atoms with Gasteiger partial charge in [0.1, 0.15) is 11.6 Å². The van der Waals surface area contributed by atoms with Crippen molar-refractivity contribution in [3.63, 3.8) is 0 Å². The molecule has 0 unspecified atom stereocenters. The van der Waals surface area contributed by atoms with Crippen LogP contribution in [0.1, 0.15) is 34.8 Å². The van der Waals surface area contributed by atoms with E-state index in [0.717, 1.165) is 11.1 Å². The average molecular weight is 434 g/mol. The fourth-order valence-electron chi connectivity index (χ4n) is 3.10. The Hall–Kier alpha value is -4.00. The number of hydrogen-bond acceptors (Lipinski definition) is 4. The molecule has 0 saturated carbocycles. The Morgan fingerprint density at radius 1 is 0.938 bits per heavy atom. The third-order valence-electron chi connectivity index (χ3n) is 4.62. The van der Waals surface area contributed by atoms with Crippen LogP contribution in [0, 0.1) is 5.82 Å². The predicted molar refractivity (Wildman–Crippen MR) is 119 cm³/mol. The van der Waals surface area contributed by atoms with Crippen LogP contribution in [-0.2, 0) is 22.6 Å². The van der Waals surface area contributed by atoms with Crippen LogP contribution in [0.4, 0.5) is 10.1 Å². The van der Waals surface area contributed by atoms with Crippen LogP contribution in [0.3, 0.4) is 0 Å². The number of hydrogen-bond donors (Lipinski definition) is 2. The van der Waals surface area contributed by atoms with Gasteiger partial charge in [0.15, 0.2) is 0 Å². The lowest BCUT2D eigenvalue weighted by Crippen LogP contribution is -2.24. The zero-order chi connectivity index (χ0) is 22.9. The number of anilines is 1. The molecule has 0 aliphatic rings. The van der Waals surface area contributed by atoms with Gasteiger partial charge in [0.05, 0.1) is 0 Å². The molecule has 3 aromatic carbocycles. The Labute approximate surface area is 185 Å². The Bertz CT molecular complexity index is 1130. The highest BCUT2D eigenvalue weighted by Gasteiger charge is 2.11. The molecule has 0 atom stereocenters. The molecule has 0 aromatic heterocycles. The van der Waals surface area contributed by atoms with Gasteiger partial charge in [-0.25, -0.2) is 4.39 Å². The van der Waals surface area contributed by atoms with Crippen LogP contribution in [0.25, 0.3) is 0 Å². The van der Waals surface area contributed by atoms with E-state index in [1.165, 1.54) is 25.1 Å². The minimum absolute atomic E-state index is 0.191. The number of ether oxygens (including phenoxy) is 1. The fourth-order valence-corrected chi connectivity index (χ4v) is 3.10. The van der Waals surface area contributed by atoms with E-state index < -0.39 is 5.97 Å². The number of amides is 2. The summed E-state index contributed by atoms with van der Waals surface area (Å²) < 4.78 is 18.3. The second-order valence-corrected chi connectivity index (χ2v) is 7.14. The SMILES string of the molecule is CC(=O)Oc1cccc(C(=O)NCc2ccccc2NC(=O)CCc2cccc(F)c2)c1. The smallest absolute Gasteiger partial charge is 0.308 e. The van der Waals surface area contributed by atoms with Gasteiger partial charge in [-0.15, -0.1) is 0 Å². The molecule has 7 heteroatoms. The molecule has 6 nitrogen and oxygen atoms in total. The van der Waals surface area contributed by atoms with Crippen molar-refractivity contribution >= 4 is 23.5 Å². The highest BCUT2D eigenvalue weighted by Crippen LogP contribution is 2.17. The molecule has 0 spiro atoms. The van der Waals surface area contributed by atoms with Gasteiger partial charge in [-0.1, -0.05) is 36.4 Å². The van der Waals surface area contributed by atoms with Crippen LogP contribution < -0.4 is 15.4 Å². The van der Waals surface area contributed by atoms with Gasteiger partial charge in [0, 0.05) is 31.1 Å². The summed E-state index contributed by atoms with van der Waals surface area (Å²) in [7, 11) is 0. The van der Waals surface area contributed by atoms with Crippen molar-refractivity contribution < 1.29 is 23.5 Å². The molecule has 0 bridgehead atoms. The van der Waals surface area contributed by atoms with Gasteiger partial charge in [-0.05, 0) is 53.9 Å². The van der Waals surface area contributed by atoms with Crippen LogP contribution in [0.15, 0.2) is 72.8 Å². The second-order valence-electron chi connectivity index (χ2n) is 7.14. The van der Waals surface area contributed by atoms with E-state index in [4.69, 9.17) is 4.74 Å². The highest BCUT2D eigenvalue weighted by atomic mass is 19.1.